The number of benzene rings is 1. The quantitative estimate of drug-likeness (QED) is 0.668. The number of pyridine rings is 1. The molecule has 2 aromatic rings. The first-order valence-corrected chi connectivity index (χ1v) is 3.84. The van der Waals surface area contributed by atoms with Crippen LogP contribution in [0.5, 0.6) is 5.75 Å². The zero-order chi connectivity index (χ0) is 9.26. The lowest BCUT2D eigenvalue weighted by Crippen LogP contribution is -1.85. The molecule has 1 aromatic heterocycles. The van der Waals surface area contributed by atoms with Gasteiger partial charge < -0.3 is 5.11 Å². The summed E-state index contributed by atoms with van der Waals surface area (Å²) >= 11 is 0. The van der Waals surface area contributed by atoms with E-state index in [1.54, 1.807) is 24.4 Å². The molecule has 0 amide bonds. The molecule has 1 heterocycles. The van der Waals surface area contributed by atoms with E-state index >= 15 is 0 Å². The fraction of sp³-hybridized carbons (Fsp3) is 0. The second-order valence-electron chi connectivity index (χ2n) is 2.72. The van der Waals surface area contributed by atoms with Crippen molar-refractivity contribution in [3.8, 4) is 5.75 Å². The minimum absolute atomic E-state index is 0.142. The van der Waals surface area contributed by atoms with Crippen molar-refractivity contribution in [2.45, 2.75) is 0 Å². The lowest BCUT2D eigenvalue weighted by molar-refractivity contribution is 0.112. The van der Waals surface area contributed by atoms with Crippen molar-refractivity contribution in [3.63, 3.8) is 0 Å². The third kappa shape index (κ3) is 1.24. The smallest absolute Gasteiger partial charge is 0.150 e. The maximum Gasteiger partial charge on any atom is 0.150 e. The number of phenols is 1. The number of aromatic hydroxyl groups is 1. The molecule has 0 fully saturated rings. The Balaban J connectivity index is 2.86. The van der Waals surface area contributed by atoms with Gasteiger partial charge in [-0.2, -0.15) is 0 Å². The van der Waals surface area contributed by atoms with Gasteiger partial charge in [0.2, 0.25) is 0 Å². The molecular weight excluding hydrogens is 166 g/mol. The summed E-state index contributed by atoms with van der Waals surface area (Å²) < 4.78 is 0. The van der Waals surface area contributed by atoms with Gasteiger partial charge in [-0.15, -0.1) is 0 Å². The molecule has 3 heteroatoms. The number of hydrogen-bond donors (Lipinski definition) is 1. The molecule has 0 spiro atoms. The van der Waals surface area contributed by atoms with Gasteiger partial charge in [-0.1, -0.05) is 0 Å². The van der Waals surface area contributed by atoms with Crippen molar-refractivity contribution in [2.24, 2.45) is 0 Å². The van der Waals surface area contributed by atoms with Gasteiger partial charge in [0.15, 0.2) is 6.29 Å². The third-order valence-electron chi connectivity index (χ3n) is 1.89. The van der Waals surface area contributed by atoms with Gasteiger partial charge in [0, 0.05) is 17.1 Å². The van der Waals surface area contributed by atoms with E-state index in [-0.39, 0.29) is 5.75 Å². The number of nitrogens with zero attached hydrogens (tertiary/aromatic N) is 1. The SMILES string of the molecule is O=Cc1ccnc2ccc(O)cc12. The normalized spacial score (nSPS) is 10.2. The van der Waals surface area contributed by atoms with Gasteiger partial charge in [0.05, 0.1) is 5.52 Å². The Kier molecular flexibility index (Phi) is 1.70. The minimum Gasteiger partial charge on any atom is -0.508 e. The van der Waals surface area contributed by atoms with Gasteiger partial charge in [0.1, 0.15) is 5.75 Å². The summed E-state index contributed by atoms with van der Waals surface area (Å²) in [5, 5.41) is 9.88. The van der Waals surface area contributed by atoms with Crippen molar-refractivity contribution in [1.82, 2.24) is 4.98 Å². The molecule has 64 valence electrons. The Hall–Kier alpha value is -1.90. The van der Waals surface area contributed by atoms with Crippen LogP contribution in [0.3, 0.4) is 0 Å². The third-order valence-corrected chi connectivity index (χ3v) is 1.89. The van der Waals surface area contributed by atoms with Gasteiger partial charge in [-0.25, -0.2) is 0 Å². The summed E-state index contributed by atoms with van der Waals surface area (Å²) in [5.74, 6) is 0.142. The second-order valence-corrected chi connectivity index (χ2v) is 2.72. The number of fused-ring (bicyclic) bond motifs is 1. The topological polar surface area (TPSA) is 50.2 Å². The highest BCUT2D eigenvalue weighted by atomic mass is 16.3. The molecule has 0 aliphatic carbocycles. The Morgan fingerprint density at radius 1 is 1.31 bits per heavy atom. The molecular formula is C10H7NO2. The Morgan fingerprint density at radius 3 is 2.92 bits per heavy atom. The van der Waals surface area contributed by atoms with Crippen LogP contribution >= 0.6 is 0 Å². The molecule has 2 rings (SSSR count). The zero-order valence-corrected chi connectivity index (χ0v) is 6.77. The maximum atomic E-state index is 10.6. The monoisotopic (exact) mass is 173 g/mol. The van der Waals surface area contributed by atoms with Crippen LogP contribution in [0, 0.1) is 0 Å². The highest BCUT2D eigenvalue weighted by molar-refractivity contribution is 5.96. The van der Waals surface area contributed by atoms with E-state index in [1.165, 1.54) is 6.07 Å². The first-order chi connectivity index (χ1) is 6.31. The maximum absolute atomic E-state index is 10.6. The number of hydrogen-bond acceptors (Lipinski definition) is 3. The van der Waals surface area contributed by atoms with Crippen molar-refractivity contribution >= 4 is 17.2 Å². The first kappa shape index (κ1) is 7.73. The average Bonchev–Trinajstić information content (AvgIpc) is 2.17. The molecule has 0 bridgehead atoms. The summed E-state index contributed by atoms with van der Waals surface area (Å²) in [6, 6.07) is 6.38. The Morgan fingerprint density at radius 2 is 2.15 bits per heavy atom. The molecule has 0 radical (unpaired) electrons. The van der Waals surface area contributed by atoms with E-state index in [9.17, 15) is 9.90 Å². The van der Waals surface area contributed by atoms with Crippen LogP contribution in [0.15, 0.2) is 30.5 Å². The summed E-state index contributed by atoms with van der Waals surface area (Å²) in [6.07, 6.45) is 2.33. The Labute approximate surface area is 74.7 Å². The number of carbonyl (C=O) groups is 1. The molecule has 0 unspecified atom stereocenters. The fourth-order valence-electron chi connectivity index (χ4n) is 1.26. The lowest BCUT2D eigenvalue weighted by atomic mass is 10.1. The minimum atomic E-state index is 0.142. The number of aldehydes is 1. The molecule has 1 N–H and O–H groups in total. The summed E-state index contributed by atoms with van der Waals surface area (Å²) in [4.78, 5) is 14.7. The Bertz CT molecular complexity index is 465. The van der Waals surface area contributed by atoms with Crippen LogP contribution in [0.4, 0.5) is 0 Å². The largest absolute Gasteiger partial charge is 0.508 e. The lowest BCUT2D eigenvalue weighted by Gasteiger charge is -1.99. The summed E-state index contributed by atoms with van der Waals surface area (Å²) in [7, 11) is 0. The van der Waals surface area contributed by atoms with E-state index in [0.29, 0.717) is 16.5 Å². The van der Waals surface area contributed by atoms with Crippen LogP contribution in [-0.2, 0) is 0 Å². The molecule has 0 saturated carbocycles. The first-order valence-electron chi connectivity index (χ1n) is 3.84. The van der Waals surface area contributed by atoms with Gasteiger partial charge in [-0.3, -0.25) is 9.78 Å². The predicted octanol–water partition coefficient (Wildman–Crippen LogP) is 1.75. The van der Waals surface area contributed by atoms with Crippen LogP contribution < -0.4 is 0 Å². The molecule has 0 atom stereocenters. The predicted molar refractivity (Wildman–Crippen MR) is 48.8 cm³/mol. The molecule has 0 aliphatic rings. The van der Waals surface area contributed by atoms with Gasteiger partial charge in [0.25, 0.3) is 0 Å². The highest BCUT2D eigenvalue weighted by Gasteiger charge is 2.00. The molecule has 0 saturated heterocycles. The van der Waals surface area contributed by atoms with Crippen LogP contribution in [-0.4, -0.2) is 16.4 Å². The van der Waals surface area contributed by atoms with E-state index in [4.69, 9.17) is 0 Å². The number of aromatic nitrogens is 1. The van der Waals surface area contributed by atoms with Crippen molar-refractivity contribution in [1.29, 1.82) is 0 Å². The van der Waals surface area contributed by atoms with Crippen LogP contribution in [0.1, 0.15) is 10.4 Å². The molecule has 3 nitrogen and oxygen atoms in total. The van der Waals surface area contributed by atoms with Gasteiger partial charge in [-0.05, 0) is 24.3 Å². The molecule has 13 heavy (non-hydrogen) atoms. The van der Waals surface area contributed by atoms with E-state index in [1.807, 2.05) is 0 Å². The van der Waals surface area contributed by atoms with Crippen LogP contribution in [0.25, 0.3) is 10.9 Å². The van der Waals surface area contributed by atoms with Crippen molar-refractivity contribution in [2.75, 3.05) is 0 Å². The second kappa shape index (κ2) is 2.86. The summed E-state index contributed by atoms with van der Waals surface area (Å²) in [6.45, 7) is 0. The molecule has 0 aliphatic heterocycles. The van der Waals surface area contributed by atoms with Gasteiger partial charge >= 0.3 is 0 Å². The zero-order valence-electron chi connectivity index (χ0n) is 6.77. The standard InChI is InChI=1S/C10H7NO2/c12-6-7-3-4-11-10-2-1-8(13)5-9(7)10/h1-6,13H. The average molecular weight is 173 g/mol. The molecule has 1 aromatic carbocycles. The van der Waals surface area contributed by atoms with Crippen molar-refractivity contribution in [3.05, 3.63) is 36.0 Å². The van der Waals surface area contributed by atoms with E-state index < -0.39 is 0 Å². The number of rotatable bonds is 1. The van der Waals surface area contributed by atoms with Crippen molar-refractivity contribution < 1.29 is 9.90 Å². The van der Waals surface area contributed by atoms with Crippen LogP contribution in [0.2, 0.25) is 0 Å². The fourth-order valence-corrected chi connectivity index (χ4v) is 1.26. The number of carbonyl (C=O) groups excluding carboxylic acids is 1. The van der Waals surface area contributed by atoms with E-state index in [0.717, 1.165) is 6.29 Å². The highest BCUT2D eigenvalue weighted by Crippen LogP contribution is 2.20. The van der Waals surface area contributed by atoms with E-state index in [2.05, 4.69) is 4.98 Å². The number of phenolic OH excluding ortho intramolecular Hbond substituents is 1. The summed E-state index contributed by atoms with van der Waals surface area (Å²) in [5.41, 5.74) is 1.25.